The Morgan fingerprint density at radius 2 is 2.00 bits per heavy atom. The van der Waals surface area contributed by atoms with Gasteiger partial charge in [-0.1, -0.05) is 30.3 Å². The first kappa shape index (κ1) is 9.69. The third-order valence-corrected chi connectivity index (χ3v) is 3.47. The van der Waals surface area contributed by atoms with Crippen LogP contribution < -0.4 is 0 Å². The molecule has 14 heavy (non-hydrogen) atoms. The highest BCUT2D eigenvalue weighted by Crippen LogP contribution is 2.36. The van der Waals surface area contributed by atoms with E-state index in [9.17, 15) is 5.11 Å². The molecule has 1 aliphatic rings. The molecule has 0 radical (unpaired) electrons. The van der Waals surface area contributed by atoms with Gasteiger partial charge in [-0.05, 0) is 26.0 Å². The zero-order valence-corrected chi connectivity index (χ0v) is 8.77. The van der Waals surface area contributed by atoms with E-state index in [4.69, 9.17) is 0 Å². The summed E-state index contributed by atoms with van der Waals surface area (Å²) >= 11 is 0. The van der Waals surface area contributed by atoms with Crippen molar-refractivity contribution in [3.63, 3.8) is 0 Å². The van der Waals surface area contributed by atoms with E-state index in [0.29, 0.717) is 0 Å². The van der Waals surface area contributed by atoms with E-state index < -0.39 is 5.60 Å². The number of likely N-dealkylation sites (N-methyl/N-ethyl adjacent to an activating group) is 1. The van der Waals surface area contributed by atoms with Crippen molar-refractivity contribution >= 4 is 0 Å². The monoisotopic (exact) mass is 191 g/mol. The average Bonchev–Trinajstić information content (AvgIpc) is 2.49. The molecule has 2 heteroatoms. The average molecular weight is 191 g/mol. The van der Waals surface area contributed by atoms with E-state index in [2.05, 4.69) is 18.9 Å². The topological polar surface area (TPSA) is 23.5 Å². The summed E-state index contributed by atoms with van der Waals surface area (Å²) in [5.74, 6) is 0. The summed E-state index contributed by atoms with van der Waals surface area (Å²) in [6.07, 6.45) is 0.828. The molecule has 0 aliphatic carbocycles. The van der Waals surface area contributed by atoms with Gasteiger partial charge < -0.3 is 10.0 Å². The second-order valence-corrected chi connectivity index (χ2v) is 4.20. The van der Waals surface area contributed by atoms with Gasteiger partial charge in [0.25, 0.3) is 0 Å². The molecule has 1 heterocycles. The minimum atomic E-state index is -0.657. The van der Waals surface area contributed by atoms with Crippen LogP contribution in [-0.2, 0) is 5.60 Å². The predicted molar refractivity (Wildman–Crippen MR) is 57.0 cm³/mol. The van der Waals surface area contributed by atoms with E-state index in [1.807, 2.05) is 30.3 Å². The summed E-state index contributed by atoms with van der Waals surface area (Å²) in [5, 5.41) is 10.6. The van der Waals surface area contributed by atoms with Gasteiger partial charge in [-0.3, -0.25) is 0 Å². The third kappa shape index (κ3) is 1.35. The van der Waals surface area contributed by atoms with Crippen molar-refractivity contribution in [3.05, 3.63) is 35.9 Å². The first-order valence-corrected chi connectivity index (χ1v) is 5.13. The zero-order chi connectivity index (χ0) is 10.2. The molecule has 0 bridgehead atoms. The summed E-state index contributed by atoms with van der Waals surface area (Å²) in [7, 11) is 2.06. The van der Waals surface area contributed by atoms with Crippen LogP contribution in [-0.4, -0.2) is 29.6 Å². The molecular weight excluding hydrogens is 174 g/mol. The number of rotatable bonds is 1. The first-order valence-electron chi connectivity index (χ1n) is 5.13. The molecule has 0 spiro atoms. The summed E-state index contributed by atoms with van der Waals surface area (Å²) in [6.45, 7) is 3.05. The van der Waals surface area contributed by atoms with Gasteiger partial charge in [0.2, 0.25) is 0 Å². The molecule has 1 N–H and O–H groups in total. The lowest BCUT2D eigenvalue weighted by molar-refractivity contribution is 0.0109. The van der Waals surface area contributed by atoms with Gasteiger partial charge in [-0.2, -0.15) is 0 Å². The quantitative estimate of drug-likeness (QED) is 0.729. The number of hydrogen-bond acceptors (Lipinski definition) is 2. The Morgan fingerprint density at radius 1 is 1.36 bits per heavy atom. The molecule has 1 fully saturated rings. The minimum Gasteiger partial charge on any atom is -0.383 e. The highest BCUT2D eigenvalue weighted by Gasteiger charge is 2.42. The zero-order valence-electron chi connectivity index (χ0n) is 8.77. The van der Waals surface area contributed by atoms with E-state index in [1.54, 1.807) is 0 Å². The molecule has 1 aliphatic heterocycles. The Kier molecular flexibility index (Phi) is 2.33. The highest BCUT2D eigenvalue weighted by molar-refractivity contribution is 5.25. The summed E-state index contributed by atoms with van der Waals surface area (Å²) in [4.78, 5) is 2.20. The summed E-state index contributed by atoms with van der Waals surface area (Å²) in [5.41, 5.74) is 0.382. The molecule has 2 rings (SSSR count). The van der Waals surface area contributed by atoms with Crippen LogP contribution in [0.3, 0.4) is 0 Å². The Morgan fingerprint density at radius 3 is 2.50 bits per heavy atom. The standard InChI is InChI=1S/C12H17NO/c1-10-12(14,8-9-13(10)2)11-6-4-3-5-7-11/h3-7,10,14H,8-9H2,1-2H3. The second-order valence-electron chi connectivity index (χ2n) is 4.20. The largest absolute Gasteiger partial charge is 0.383 e. The third-order valence-electron chi connectivity index (χ3n) is 3.47. The van der Waals surface area contributed by atoms with Crippen LogP contribution >= 0.6 is 0 Å². The van der Waals surface area contributed by atoms with E-state index in [1.165, 1.54) is 0 Å². The van der Waals surface area contributed by atoms with E-state index >= 15 is 0 Å². The molecule has 2 unspecified atom stereocenters. The van der Waals surface area contributed by atoms with Crippen molar-refractivity contribution in [2.45, 2.75) is 25.0 Å². The minimum absolute atomic E-state index is 0.199. The first-order chi connectivity index (χ1) is 6.64. The Hall–Kier alpha value is -0.860. The van der Waals surface area contributed by atoms with Crippen LogP contribution in [0.1, 0.15) is 18.9 Å². The summed E-state index contributed by atoms with van der Waals surface area (Å²) < 4.78 is 0. The van der Waals surface area contributed by atoms with Gasteiger partial charge in [0.1, 0.15) is 5.60 Å². The maximum atomic E-state index is 10.6. The van der Waals surface area contributed by atoms with E-state index in [0.717, 1.165) is 18.5 Å². The number of aliphatic hydroxyl groups is 1. The number of likely N-dealkylation sites (tertiary alicyclic amines) is 1. The lowest BCUT2D eigenvalue weighted by Crippen LogP contribution is -2.38. The molecule has 76 valence electrons. The Bertz CT molecular complexity index is 311. The SMILES string of the molecule is CC1N(C)CCC1(O)c1ccccc1. The summed E-state index contributed by atoms with van der Waals surface area (Å²) in [6, 6.07) is 10.2. The molecular formula is C12H17NO. The smallest absolute Gasteiger partial charge is 0.106 e. The number of hydrogen-bond donors (Lipinski definition) is 1. The van der Waals surface area contributed by atoms with Crippen LogP contribution in [0.15, 0.2) is 30.3 Å². The van der Waals surface area contributed by atoms with Crippen LogP contribution in [0.2, 0.25) is 0 Å². The molecule has 0 saturated carbocycles. The molecule has 2 nitrogen and oxygen atoms in total. The van der Waals surface area contributed by atoms with Crippen molar-refractivity contribution in [2.75, 3.05) is 13.6 Å². The van der Waals surface area contributed by atoms with Crippen LogP contribution in [0, 0.1) is 0 Å². The van der Waals surface area contributed by atoms with Gasteiger partial charge in [0.15, 0.2) is 0 Å². The van der Waals surface area contributed by atoms with Crippen LogP contribution in [0.4, 0.5) is 0 Å². The number of benzene rings is 1. The maximum Gasteiger partial charge on any atom is 0.106 e. The van der Waals surface area contributed by atoms with Crippen LogP contribution in [0.5, 0.6) is 0 Å². The van der Waals surface area contributed by atoms with Gasteiger partial charge in [-0.15, -0.1) is 0 Å². The van der Waals surface area contributed by atoms with Gasteiger partial charge in [0, 0.05) is 12.6 Å². The Labute approximate surface area is 85.2 Å². The second kappa shape index (κ2) is 3.37. The van der Waals surface area contributed by atoms with Crippen molar-refractivity contribution in [1.29, 1.82) is 0 Å². The van der Waals surface area contributed by atoms with Crippen molar-refractivity contribution in [1.82, 2.24) is 4.90 Å². The van der Waals surface area contributed by atoms with Crippen molar-refractivity contribution in [2.24, 2.45) is 0 Å². The maximum absolute atomic E-state index is 10.6. The highest BCUT2D eigenvalue weighted by atomic mass is 16.3. The Balaban J connectivity index is 2.34. The lowest BCUT2D eigenvalue weighted by atomic mass is 9.87. The fourth-order valence-electron chi connectivity index (χ4n) is 2.23. The molecule has 1 aromatic carbocycles. The lowest BCUT2D eigenvalue weighted by Gasteiger charge is -2.30. The van der Waals surface area contributed by atoms with Gasteiger partial charge in [-0.25, -0.2) is 0 Å². The molecule has 0 aromatic heterocycles. The van der Waals surface area contributed by atoms with E-state index in [-0.39, 0.29) is 6.04 Å². The molecule has 1 aromatic rings. The fraction of sp³-hybridized carbons (Fsp3) is 0.500. The van der Waals surface area contributed by atoms with Crippen molar-refractivity contribution < 1.29 is 5.11 Å². The van der Waals surface area contributed by atoms with Gasteiger partial charge >= 0.3 is 0 Å². The molecule has 2 atom stereocenters. The molecule has 0 amide bonds. The van der Waals surface area contributed by atoms with Gasteiger partial charge in [0.05, 0.1) is 0 Å². The normalized spacial score (nSPS) is 33.5. The fourth-order valence-corrected chi connectivity index (χ4v) is 2.23. The predicted octanol–water partition coefficient (Wildman–Crippen LogP) is 1.60. The molecule has 1 saturated heterocycles. The van der Waals surface area contributed by atoms with Crippen molar-refractivity contribution in [3.8, 4) is 0 Å². The number of nitrogens with zero attached hydrogens (tertiary/aromatic N) is 1. The van der Waals surface area contributed by atoms with Crippen LogP contribution in [0.25, 0.3) is 0 Å².